The summed E-state index contributed by atoms with van der Waals surface area (Å²) < 4.78 is 11.4. The zero-order valence-electron chi connectivity index (χ0n) is 18.0. The minimum absolute atomic E-state index is 0.00238. The Morgan fingerprint density at radius 1 is 1.13 bits per heavy atom. The second-order valence-electron chi connectivity index (χ2n) is 9.28. The number of nitrogens with one attached hydrogen (secondary N) is 1. The molecule has 0 bridgehead atoms. The Morgan fingerprint density at radius 3 is 2.63 bits per heavy atom. The number of furan rings is 1. The number of anilines is 1. The van der Waals surface area contributed by atoms with Gasteiger partial charge in [0.1, 0.15) is 11.5 Å². The molecule has 2 aromatic rings. The summed E-state index contributed by atoms with van der Waals surface area (Å²) in [4.78, 5) is 26.8. The number of benzene rings is 1. The van der Waals surface area contributed by atoms with Crippen LogP contribution >= 0.6 is 0 Å². The Hall–Kier alpha value is -2.76. The van der Waals surface area contributed by atoms with Crippen LogP contribution in [0.4, 0.5) is 5.69 Å². The van der Waals surface area contributed by atoms with Crippen LogP contribution in [-0.4, -0.2) is 24.5 Å². The third kappa shape index (κ3) is 4.37. The molecule has 1 aliphatic heterocycles. The maximum Gasteiger partial charge on any atom is 0.287 e. The Labute approximate surface area is 177 Å². The topological polar surface area (TPSA) is 71.8 Å². The maximum absolute atomic E-state index is 12.6. The molecular formula is C24H30N2O4. The van der Waals surface area contributed by atoms with Crippen LogP contribution in [0.3, 0.4) is 0 Å². The highest BCUT2D eigenvalue weighted by Crippen LogP contribution is 2.37. The van der Waals surface area contributed by atoms with Crippen molar-refractivity contribution in [3.63, 3.8) is 0 Å². The molecule has 0 spiro atoms. The lowest BCUT2D eigenvalue weighted by Gasteiger charge is -2.31. The van der Waals surface area contributed by atoms with Crippen molar-refractivity contribution in [2.45, 2.75) is 70.9 Å². The highest BCUT2D eigenvalue weighted by Gasteiger charge is 2.29. The Morgan fingerprint density at radius 2 is 1.90 bits per heavy atom. The van der Waals surface area contributed by atoms with E-state index in [1.807, 2.05) is 18.2 Å². The van der Waals surface area contributed by atoms with Gasteiger partial charge in [0, 0.05) is 6.04 Å². The highest BCUT2D eigenvalue weighted by molar-refractivity contribution is 5.98. The Bertz CT molecular complexity index is 935. The van der Waals surface area contributed by atoms with E-state index in [4.69, 9.17) is 9.15 Å². The lowest BCUT2D eigenvalue weighted by molar-refractivity contribution is -0.121. The maximum atomic E-state index is 12.6. The number of carbonyl (C=O) groups excluding carboxylic acids is 2. The number of ether oxygens (including phenoxy) is 1. The van der Waals surface area contributed by atoms with Crippen molar-refractivity contribution in [2.24, 2.45) is 0 Å². The summed E-state index contributed by atoms with van der Waals surface area (Å²) >= 11 is 0. The largest absolute Gasteiger partial charge is 0.482 e. The summed E-state index contributed by atoms with van der Waals surface area (Å²) in [7, 11) is 0. The minimum atomic E-state index is -0.183. The number of fused-ring (bicyclic) bond motifs is 1. The first-order chi connectivity index (χ1) is 14.3. The van der Waals surface area contributed by atoms with Crippen LogP contribution in [-0.2, 0) is 16.8 Å². The Balaban J connectivity index is 1.51. The van der Waals surface area contributed by atoms with Gasteiger partial charge in [-0.3, -0.25) is 14.5 Å². The van der Waals surface area contributed by atoms with Gasteiger partial charge >= 0.3 is 0 Å². The van der Waals surface area contributed by atoms with Crippen molar-refractivity contribution in [1.29, 1.82) is 0 Å². The number of amides is 2. The van der Waals surface area contributed by atoms with Gasteiger partial charge in [-0.15, -0.1) is 0 Å². The number of rotatable bonds is 4. The molecule has 1 fully saturated rings. The first-order valence-electron chi connectivity index (χ1n) is 10.8. The summed E-state index contributed by atoms with van der Waals surface area (Å²) in [6.07, 6.45) is 5.60. The van der Waals surface area contributed by atoms with Crippen LogP contribution in [0.15, 0.2) is 34.7 Å². The van der Waals surface area contributed by atoms with Gasteiger partial charge < -0.3 is 14.5 Å². The summed E-state index contributed by atoms with van der Waals surface area (Å²) in [5.74, 6) is 1.24. The second kappa shape index (κ2) is 8.17. The van der Waals surface area contributed by atoms with Crippen molar-refractivity contribution in [3.8, 4) is 5.75 Å². The molecule has 1 N–H and O–H groups in total. The quantitative estimate of drug-likeness (QED) is 0.802. The molecule has 1 aromatic heterocycles. The third-order valence-corrected chi connectivity index (χ3v) is 5.91. The molecule has 2 heterocycles. The molecule has 6 nitrogen and oxygen atoms in total. The molecule has 30 heavy (non-hydrogen) atoms. The average molecular weight is 411 g/mol. The monoisotopic (exact) mass is 410 g/mol. The van der Waals surface area contributed by atoms with Gasteiger partial charge in [0.05, 0.1) is 12.2 Å². The summed E-state index contributed by atoms with van der Waals surface area (Å²) in [5.41, 5.74) is 1.82. The predicted molar refractivity (Wildman–Crippen MR) is 115 cm³/mol. The first-order valence-corrected chi connectivity index (χ1v) is 10.8. The van der Waals surface area contributed by atoms with E-state index < -0.39 is 0 Å². The van der Waals surface area contributed by atoms with Gasteiger partial charge in [0.25, 0.3) is 11.8 Å². The number of hydrogen-bond donors (Lipinski definition) is 1. The number of nitrogens with zero attached hydrogens (tertiary/aromatic N) is 1. The molecule has 0 saturated heterocycles. The average Bonchev–Trinajstić information content (AvgIpc) is 3.19. The smallest absolute Gasteiger partial charge is 0.287 e. The van der Waals surface area contributed by atoms with E-state index in [1.165, 1.54) is 6.42 Å². The van der Waals surface area contributed by atoms with Crippen LogP contribution in [0.25, 0.3) is 0 Å². The standard InChI is InChI=1S/C24H30N2O4/c1-24(2,3)16-9-11-20-19(13-16)26(22(27)15-29-20)14-18-10-12-21(30-18)23(28)25-17-7-5-4-6-8-17/h9-13,17H,4-8,14-15H2,1-3H3,(H,25,28). The van der Waals surface area contributed by atoms with Crippen molar-refractivity contribution >= 4 is 17.5 Å². The van der Waals surface area contributed by atoms with E-state index in [1.54, 1.807) is 17.0 Å². The molecule has 0 radical (unpaired) electrons. The summed E-state index contributed by atoms with van der Waals surface area (Å²) in [6, 6.07) is 9.64. The zero-order valence-corrected chi connectivity index (χ0v) is 18.0. The molecule has 0 atom stereocenters. The number of carbonyl (C=O) groups is 2. The summed E-state index contributed by atoms with van der Waals surface area (Å²) in [5, 5.41) is 3.07. The summed E-state index contributed by atoms with van der Waals surface area (Å²) in [6.45, 7) is 6.66. The predicted octanol–water partition coefficient (Wildman–Crippen LogP) is 4.57. The van der Waals surface area contributed by atoms with Crippen LogP contribution in [0.5, 0.6) is 5.75 Å². The normalized spacial score (nSPS) is 17.4. The molecule has 6 heteroatoms. The zero-order chi connectivity index (χ0) is 21.3. The van der Waals surface area contributed by atoms with E-state index in [2.05, 4.69) is 26.1 Å². The second-order valence-corrected chi connectivity index (χ2v) is 9.28. The molecular weight excluding hydrogens is 380 g/mol. The molecule has 2 aliphatic rings. The minimum Gasteiger partial charge on any atom is -0.482 e. The molecule has 1 aromatic carbocycles. The highest BCUT2D eigenvalue weighted by atomic mass is 16.5. The lowest BCUT2D eigenvalue weighted by Crippen LogP contribution is -2.38. The molecule has 0 unspecified atom stereocenters. The SMILES string of the molecule is CC(C)(C)c1ccc2c(c1)N(Cc1ccc(C(=O)NC3CCCCC3)o1)C(=O)CO2. The lowest BCUT2D eigenvalue weighted by atomic mass is 9.86. The van der Waals surface area contributed by atoms with Gasteiger partial charge in [-0.05, 0) is 48.1 Å². The van der Waals surface area contributed by atoms with Crippen LogP contribution in [0.1, 0.15) is 74.8 Å². The molecule has 4 rings (SSSR count). The van der Waals surface area contributed by atoms with Crippen molar-refractivity contribution in [3.05, 3.63) is 47.4 Å². The molecule has 1 saturated carbocycles. The van der Waals surface area contributed by atoms with Gasteiger partial charge in [-0.1, -0.05) is 46.1 Å². The fourth-order valence-corrected chi connectivity index (χ4v) is 4.09. The molecule has 160 valence electrons. The third-order valence-electron chi connectivity index (χ3n) is 5.91. The number of hydrogen-bond acceptors (Lipinski definition) is 4. The van der Waals surface area contributed by atoms with E-state index >= 15 is 0 Å². The van der Waals surface area contributed by atoms with Crippen molar-refractivity contribution in [1.82, 2.24) is 5.32 Å². The molecule has 1 aliphatic carbocycles. The molecule has 2 amide bonds. The van der Waals surface area contributed by atoms with Gasteiger partial charge in [-0.25, -0.2) is 0 Å². The van der Waals surface area contributed by atoms with Crippen LogP contribution in [0.2, 0.25) is 0 Å². The van der Waals surface area contributed by atoms with Gasteiger partial charge in [0.15, 0.2) is 12.4 Å². The van der Waals surface area contributed by atoms with Crippen molar-refractivity contribution < 1.29 is 18.7 Å². The fourth-order valence-electron chi connectivity index (χ4n) is 4.09. The van der Waals surface area contributed by atoms with Gasteiger partial charge in [-0.2, -0.15) is 0 Å². The van der Waals surface area contributed by atoms with E-state index in [-0.39, 0.29) is 36.4 Å². The van der Waals surface area contributed by atoms with E-state index in [0.717, 1.165) is 36.9 Å². The van der Waals surface area contributed by atoms with Crippen LogP contribution in [0, 0.1) is 0 Å². The fraction of sp³-hybridized carbons (Fsp3) is 0.500. The first kappa shape index (κ1) is 20.5. The van der Waals surface area contributed by atoms with Crippen molar-refractivity contribution in [2.75, 3.05) is 11.5 Å². The van der Waals surface area contributed by atoms with E-state index in [9.17, 15) is 9.59 Å². The van der Waals surface area contributed by atoms with E-state index in [0.29, 0.717) is 17.3 Å². The van der Waals surface area contributed by atoms with Crippen LogP contribution < -0.4 is 15.0 Å². The van der Waals surface area contributed by atoms with Gasteiger partial charge in [0.2, 0.25) is 0 Å². The Kier molecular flexibility index (Phi) is 5.58.